The van der Waals surface area contributed by atoms with E-state index in [4.69, 9.17) is 9.47 Å². The Morgan fingerprint density at radius 1 is 1.28 bits per heavy atom. The number of nitrogens with zero attached hydrogens (tertiary/aromatic N) is 2. The average Bonchev–Trinajstić information content (AvgIpc) is 3.02. The summed E-state index contributed by atoms with van der Waals surface area (Å²) >= 11 is 1.43. The highest BCUT2D eigenvalue weighted by Gasteiger charge is 2.07. The first-order valence-corrected chi connectivity index (χ1v) is 8.43. The maximum Gasteiger partial charge on any atom is 0.310 e. The number of phenols is 1. The highest BCUT2D eigenvalue weighted by atomic mass is 32.1. The maximum atomic E-state index is 11.3. The highest BCUT2D eigenvalue weighted by molar-refractivity contribution is 7.22. The molecule has 3 rings (SSSR count). The summed E-state index contributed by atoms with van der Waals surface area (Å²) in [6.07, 6.45) is 1.79. The van der Waals surface area contributed by atoms with Gasteiger partial charge in [0.25, 0.3) is 0 Å². The lowest BCUT2D eigenvalue weighted by Gasteiger charge is -2.04. The summed E-state index contributed by atoms with van der Waals surface area (Å²) in [5.41, 5.74) is 1.34. The molecule has 25 heavy (non-hydrogen) atoms. The molecular weight excluding hydrogens is 340 g/mol. The van der Waals surface area contributed by atoms with Crippen molar-refractivity contribution in [3.05, 3.63) is 42.0 Å². The van der Waals surface area contributed by atoms with E-state index in [1.807, 2.05) is 18.2 Å². The third-order valence-corrected chi connectivity index (χ3v) is 4.35. The molecule has 0 radical (unpaired) electrons. The first-order chi connectivity index (χ1) is 12.1. The summed E-state index contributed by atoms with van der Waals surface area (Å²) < 4.78 is 11.2. The lowest BCUT2D eigenvalue weighted by atomic mass is 10.2. The van der Waals surface area contributed by atoms with Gasteiger partial charge in [0.15, 0.2) is 0 Å². The Morgan fingerprint density at radius 3 is 2.80 bits per heavy atom. The van der Waals surface area contributed by atoms with Crippen molar-refractivity contribution < 1.29 is 19.4 Å². The van der Waals surface area contributed by atoms with Gasteiger partial charge in [-0.25, -0.2) is 9.98 Å². The highest BCUT2D eigenvalue weighted by Crippen LogP contribution is 2.31. The number of hydrogen-bond donors (Lipinski definition) is 1. The molecule has 3 aromatic rings. The van der Waals surface area contributed by atoms with Gasteiger partial charge in [0.2, 0.25) is 5.13 Å². The van der Waals surface area contributed by atoms with Gasteiger partial charge in [-0.3, -0.25) is 4.79 Å². The number of aromatic hydroxyl groups is 1. The van der Waals surface area contributed by atoms with Gasteiger partial charge in [0.1, 0.15) is 17.2 Å². The molecule has 0 fully saturated rings. The SMILES string of the molecule is CCC(=O)Oc1ccc(/C=N/c2nc3ccc(OC)cc3s2)c(O)c1. The predicted octanol–water partition coefficient (Wildman–Crippen LogP) is 4.08. The number of hydrogen-bond acceptors (Lipinski definition) is 7. The number of fused-ring (bicyclic) bond motifs is 1. The summed E-state index contributed by atoms with van der Waals surface area (Å²) in [5.74, 6) is 0.689. The molecule has 6 nitrogen and oxygen atoms in total. The molecule has 0 saturated carbocycles. The standard InChI is InChI=1S/C18H16N2O4S/c1-3-17(22)24-13-5-4-11(15(21)8-13)10-19-18-20-14-7-6-12(23-2)9-16(14)25-18/h4-10,21H,3H2,1-2H3/b19-10+. The van der Waals surface area contributed by atoms with E-state index in [9.17, 15) is 9.90 Å². The molecule has 128 valence electrons. The van der Waals surface area contributed by atoms with Gasteiger partial charge in [-0.2, -0.15) is 0 Å². The quantitative estimate of drug-likeness (QED) is 0.423. The molecule has 0 aliphatic rings. The van der Waals surface area contributed by atoms with E-state index in [0.717, 1.165) is 16.0 Å². The molecule has 0 saturated heterocycles. The van der Waals surface area contributed by atoms with Crippen molar-refractivity contribution in [2.75, 3.05) is 7.11 Å². The molecule has 1 heterocycles. The number of aromatic nitrogens is 1. The molecule has 0 amide bonds. The minimum absolute atomic E-state index is 0.0204. The molecule has 0 atom stereocenters. The number of methoxy groups -OCH3 is 1. The maximum absolute atomic E-state index is 11.3. The van der Waals surface area contributed by atoms with Crippen LogP contribution >= 0.6 is 11.3 Å². The number of aliphatic imine (C=N–C) groups is 1. The van der Waals surface area contributed by atoms with Gasteiger partial charge in [-0.05, 0) is 30.3 Å². The number of ether oxygens (including phenoxy) is 2. The Labute approximate surface area is 148 Å². The van der Waals surface area contributed by atoms with Gasteiger partial charge in [-0.1, -0.05) is 18.3 Å². The van der Waals surface area contributed by atoms with Crippen molar-refractivity contribution in [2.45, 2.75) is 13.3 Å². The fourth-order valence-electron chi connectivity index (χ4n) is 2.10. The predicted molar refractivity (Wildman–Crippen MR) is 97.5 cm³/mol. The lowest BCUT2D eigenvalue weighted by Crippen LogP contribution is -2.05. The smallest absolute Gasteiger partial charge is 0.310 e. The summed E-state index contributed by atoms with van der Waals surface area (Å²) in [4.78, 5) is 20.0. The molecular formula is C18H16N2O4S. The van der Waals surface area contributed by atoms with Gasteiger partial charge in [-0.15, -0.1) is 0 Å². The van der Waals surface area contributed by atoms with Gasteiger partial charge in [0.05, 0.1) is 17.3 Å². The van der Waals surface area contributed by atoms with Gasteiger partial charge in [0, 0.05) is 24.3 Å². The van der Waals surface area contributed by atoms with E-state index in [0.29, 0.717) is 16.4 Å². The second kappa shape index (κ2) is 7.31. The van der Waals surface area contributed by atoms with Crippen LogP contribution in [0.1, 0.15) is 18.9 Å². The van der Waals surface area contributed by atoms with Crippen molar-refractivity contribution in [3.8, 4) is 17.2 Å². The Kier molecular flexibility index (Phi) is 4.95. The molecule has 0 unspecified atom stereocenters. The zero-order valence-electron chi connectivity index (χ0n) is 13.7. The molecule has 2 aromatic carbocycles. The normalized spacial score (nSPS) is 11.1. The summed E-state index contributed by atoms with van der Waals surface area (Å²) in [7, 11) is 1.62. The van der Waals surface area contributed by atoms with E-state index in [1.54, 1.807) is 26.2 Å². The Hall–Kier alpha value is -2.93. The van der Waals surface area contributed by atoms with Crippen LogP contribution < -0.4 is 9.47 Å². The van der Waals surface area contributed by atoms with Crippen molar-refractivity contribution in [2.24, 2.45) is 4.99 Å². The zero-order chi connectivity index (χ0) is 17.8. The molecule has 0 spiro atoms. The largest absolute Gasteiger partial charge is 0.507 e. The van der Waals surface area contributed by atoms with Crippen LogP contribution in [-0.4, -0.2) is 29.4 Å². The Bertz CT molecular complexity index is 949. The minimum atomic E-state index is -0.356. The third kappa shape index (κ3) is 3.95. The van der Waals surface area contributed by atoms with Crippen LogP contribution in [0.2, 0.25) is 0 Å². The minimum Gasteiger partial charge on any atom is -0.507 e. The number of rotatable bonds is 5. The van der Waals surface area contributed by atoms with Crippen molar-refractivity contribution >= 4 is 38.9 Å². The van der Waals surface area contributed by atoms with Crippen LogP contribution in [0.5, 0.6) is 17.2 Å². The first-order valence-electron chi connectivity index (χ1n) is 7.61. The van der Waals surface area contributed by atoms with Crippen LogP contribution in [0.3, 0.4) is 0 Å². The molecule has 1 N–H and O–H groups in total. The molecule has 1 aromatic heterocycles. The van der Waals surface area contributed by atoms with E-state index in [2.05, 4.69) is 9.98 Å². The van der Waals surface area contributed by atoms with Crippen molar-refractivity contribution in [1.82, 2.24) is 4.98 Å². The van der Waals surface area contributed by atoms with Crippen LogP contribution in [0.15, 0.2) is 41.4 Å². The second-order valence-corrected chi connectivity index (χ2v) is 6.15. The average molecular weight is 356 g/mol. The molecule has 0 bridgehead atoms. The van der Waals surface area contributed by atoms with Crippen LogP contribution in [0.25, 0.3) is 10.2 Å². The summed E-state index contributed by atoms with van der Waals surface area (Å²) in [5, 5.41) is 10.6. The third-order valence-electron chi connectivity index (χ3n) is 3.42. The molecule has 0 aliphatic carbocycles. The summed E-state index contributed by atoms with van der Waals surface area (Å²) in [6, 6.07) is 10.2. The number of esters is 1. The zero-order valence-corrected chi connectivity index (χ0v) is 14.5. The topological polar surface area (TPSA) is 81.0 Å². The number of carbonyl (C=O) groups excluding carboxylic acids is 1. The van der Waals surface area contributed by atoms with Crippen LogP contribution in [0.4, 0.5) is 5.13 Å². The second-order valence-electron chi connectivity index (χ2n) is 5.14. The number of thiazole rings is 1. The van der Waals surface area contributed by atoms with Gasteiger partial charge >= 0.3 is 5.97 Å². The monoisotopic (exact) mass is 356 g/mol. The van der Waals surface area contributed by atoms with Crippen molar-refractivity contribution in [1.29, 1.82) is 0 Å². The Morgan fingerprint density at radius 2 is 2.08 bits per heavy atom. The van der Waals surface area contributed by atoms with E-state index in [-0.39, 0.29) is 18.1 Å². The summed E-state index contributed by atoms with van der Waals surface area (Å²) in [6.45, 7) is 1.71. The fourth-order valence-corrected chi connectivity index (χ4v) is 2.94. The van der Waals surface area contributed by atoms with Crippen molar-refractivity contribution in [3.63, 3.8) is 0 Å². The van der Waals surface area contributed by atoms with Crippen LogP contribution in [-0.2, 0) is 4.79 Å². The fraction of sp³-hybridized carbons (Fsp3) is 0.167. The Balaban J connectivity index is 1.80. The lowest BCUT2D eigenvalue weighted by molar-refractivity contribution is -0.134. The number of benzene rings is 2. The number of phenolic OH excluding ortho intramolecular Hbond substituents is 1. The first kappa shape index (κ1) is 16.9. The van der Waals surface area contributed by atoms with E-state index >= 15 is 0 Å². The van der Waals surface area contributed by atoms with E-state index in [1.165, 1.54) is 23.6 Å². The molecule has 0 aliphatic heterocycles. The number of carbonyl (C=O) groups is 1. The molecule has 7 heteroatoms. The van der Waals surface area contributed by atoms with E-state index < -0.39 is 0 Å². The van der Waals surface area contributed by atoms with Crippen LogP contribution in [0, 0.1) is 0 Å². The van der Waals surface area contributed by atoms with Gasteiger partial charge < -0.3 is 14.6 Å².